The first-order valence-corrected chi connectivity index (χ1v) is 10.3. The van der Waals surface area contributed by atoms with Gasteiger partial charge in [0.25, 0.3) is 5.91 Å². The highest BCUT2D eigenvalue weighted by atomic mass is 35.5. The number of ether oxygens (including phenoxy) is 1. The van der Waals surface area contributed by atoms with Crippen LogP contribution in [0.2, 0.25) is 20.1 Å². The van der Waals surface area contributed by atoms with E-state index in [9.17, 15) is 9.59 Å². The Kier molecular flexibility index (Phi) is 8.90. The van der Waals surface area contributed by atoms with Gasteiger partial charge in [-0.15, -0.1) is 0 Å². The van der Waals surface area contributed by atoms with Gasteiger partial charge in [-0.25, -0.2) is 0 Å². The van der Waals surface area contributed by atoms with Crippen molar-refractivity contribution in [3.63, 3.8) is 0 Å². The van der Waals surface area contributed by atoms with Gasteiger partial charge in [0, 0.05) is 33.7 Å². The van der Waals surface area contributed by atoms with Crippen molar-refractivity contribution in [1.82, 2.24) is 10.2 Å². The molecular weight excluding hydrogens is 458 g/mol. The Hall–Kier alpha value is -1.66. The van der Waals surface area contributed by atoms with Gasteiger partial charge in [0.2, 0.25) is 5.91 Å². The molecule has 5 nitrogen and oxygen atoms in total. The third kappa shape index (κ3) is 6.41. The molecule has 0 aromatic heterocycles. The lowest BCUT2D eigenvalue weighted by Crippen LogP contribution is -2.49. The maximum absolute atomic E-state index is 12.9. The number of amides is 2. The van der Waals surface area contributed by atoms with Gasteiger partial charge in [-0.1, -0.05) is 52.5 Å². The molecule has 0 aliphatic heterocycles. The van der Waals surface area contributed by atoms with Crippen LogP contribution < -0.4 is 10.1 Å². The van der Waals surface area contributed by atoms with Crippen LogP contribution in [0.3, 0.4) is 0 Å². The van der Waals surface area contributed by atoms with E-state index in [0.29, 0.717) is 32.9 Å². The van der Waals surface area contributed by atoms with Gasteiger partial charge in [-0.05, 0) is 44.2 Å². The average Bonchev–Trinajstić information content (AvgIpc) is 2.66. The summed E-state index contributed by atoms with van der Waals surface area (Å²) in [5.74, 6) is -0.412. The smallest absolute Gasteiger partial charge is 0.261 e. The normalized spacial score (nSPS) is 11.7. The van der Waals surface area contributed by atoms with Gasteiger partial charge in [0.1, 0.15) is 11.8 Å². The summed E-state index contributed by atoms with van der Waals surface area (Å²) in [6.45, 7) is 3.59. The molecule has 0 heterocycles. The molecule has 2 amide bonds. The number of rotatable bonds is 8. The van der Waals surface area contributed by atoms with Crippen LogP contribution in [0.15, 0.2) is 36.4 Å². The lowest BCUT2D eigenvalue weighted by atomic mass is 10.1. The minimum absolute atomic E-state index is 0.0490. The van der Waals surface area contributed by atoms with E-state index in [-0.39, 0.29) is 24.1 Å². The highest BCUT2D eigenvalue weighted by molar-refractivity contribution is 6.36. The predicted octanol–water partition coefficient (Wildman–Crippen LogP) is 5.23. The molecule has 1 atom stereocenters. The summed E-state index contributed by atoms with van der Waals surface area (Å²) >= 11 is 24.5. The predicted molar refractivity (Wildman–Crippen MR) is 117 cm³/mol. The van der Waals surface area contributed by atoms with E-state index in [2.05, 4.69) is 5.32 Å². The van der Waals surface area contributed by atoms with Gasteiger partial charge in [-0.2, -0.15) is 0 Å². The average molecular weight is 478 g/mol. The SMILES string of the molecule is CCNC(=O)C(C)N(Cc1c(Cl)cccc1Cl)C(=O)COc1ccc(Cl)cc1Cl. The van der Waals surface area contributed by atoms with Crippen LogP contribution in [0, 0.1) is 0 Å². The standard InChI is InChI=1S/C20H20Cl4N2O3/c1-3-25-20(28)12(2)26(10-14-15(22)5-4-6-16(14)23)19(27)11-29-18-8-7-13(21)9-17(18)24/h4-9,12H,3,10-11H2,1-2H3,(H,25,28). The van der Waals surface area contributed by atoms with Crippen molar-refractivity contribution in [3.8, 4) is 5.75 Å². The fourth-order valence-corrected chi connectivity index (χ4v) is 3.55. The molecule has 2 rings (SSSR count). The number of hydrogen-bond donors (Lipinski definition) is 1. The maximum Gasteiger partial charge on any atom is 0.261 e. The first-order valence-electron chi connectivity index (χ1n) is 8.82. The van der Waals surface area contributed by atoms with Crippen molar-refractivity contribution in [3.05, 3.63) is 62.1 Å². The first-order chi connectivity index (χ1) is 13.7. The fourth-order valence-electron chi connectivity index (χ4n) is 2.57. The fraction of sp³-hybridized carbons (Fsp3) is 0.300. The molecule has 2 aromatic rings. The summed E-state index contributed by atoms with van der Waals surface area (Å²) in [4.78, 5) is 26.7. The Morgan fingerprint density at radius 3 is 2.31 bits per heavy atom. The van der Waals surface area contributed by atoms with Crippen molar-refractivity contribution >= 4 is 58.2 Å². The molecule has 29 heavy (non-hydrogen) atoms. The molecule has 0 aliphatic carbocycles. The summed E-state index contributed by atoms with van der Waals surface area (Å²) in [6.07, 6.45) is 0. The molecule has 9 heteroatoms. The highest BCUT2D eigenvalue weighted by Crippen LogP contribution is 2.29. The molecular formula is C20H20Cl4N2O3. The van der Waals surface area contributed by atoms with E-state index in [0.717, 1.165) is 0 Å². The molecule has 0 fully saturated rings. The van der Waals surface area contributed by atoms with Gasteiger partial charge >= 0.3 is 0 Å². The zero-order valence-electron chi connectivity index (χ0n) is 15.8. The minimum Gasteiger partial charge on any atom is -0.482 e. The summed E-state index contributed by atoms with van der Waals surface area (Å²) < 4.78 is 5.54. The second kappa shape index (κ2) is 10.9. The molecule has 0 aliphatic rings. The Morgan fingerprint density at radius 2 is 1.72 bits per heavy atom. The molecule has 156 valence electrons. The van der Waals surface area contributed by atoms with E-state index in [4.69, 9.17) is 51.1 Å². The van der Waals surface area contributed by atoms with Crippen molar-refractivity contribution in [2.45, 2.75) is 26.4 Å². The quantitative estimate of drug-likeness (QED) is 0.566. The summed E-state index contributed by atoms with van der Waals surface area (Å²) in [6, 6.07) is 8.98. The van der Waals surface area contributed by atoms with E-state index in [1.807, 2.05) is 0 Å². The summed E-state index contributed by atoms with van der Waals surface area (Å²) in [5, 5.41) is 4.25. The van der Waals surface area contributed by atoms with Crippen molar-refractivity contribution in [2.75, 3.05) is 13.2 Å². The maximum atomic E-state index is 12.9. The van der Waals surface area contributed by atoms with Gasteiger partial charge in [-0.3, -0.25) is 9.59 Å². The largest absolute Gasteiger partial charge is 0.482 e. The number of hydrogen-bond acceptors (Lipinski definition) is 3. The summed E-state index contributed by atoms with van der Waals surface area (Å²) in [5.41, 5.74) is 0.546. The lowest BCUT2D eigenvalue weighted by molar-refractivity contribution is -0.142. The number of benzene rings is 2. The Balaban J connectivity index is 2.23. The van der Waals surface area contributed by atoms with Crippen LogP contribution in [-0.4, -0.2) is 35.9 Å². The van der Waals surface area contributed by atoms with Crippen molar-refractivity contribution < 1.29 is 14.3 Å². The van der Waals surface area contributed by atoms with Crippen molar-refractivity contribution in [1.29, 1.82) is 0 Å². The molecule has 0 saturated carbocycles. The van der Waals surface area contributed by atoms with Crippen LogP contribution in [0.1, 0.15) is 19.4 Å². The molecule has 0 bridgehead atoms. The monoisotopic (exact) mass is 476 g/mol. The molecule has 0 spiro atoms. The number of nitrogens with zero attached hydrogens (tertiary/aromatic N) is 1. The molecule has 0 saturated heterocycles. The van der Waals surface area contributed by atoms with Crippen LogP contribution in [0.5, 0.6) is 5.75 Å². The highest BCUT2D eigenvalue weighted by Gasteiger charge is 2.27. The second-order valence-electron chi connectivity index (χ2n) is 6.16. The second-order valence-corrected chi connectivity index (χ2v) is 7.81. The third-order valence-corrected chi connectivity index (χ3v) is 5.39. The zero-order valence-corrected chi connectivity index (χ0v) is 18.9. The minimum atomic E-state index is -0.765. The lowest BCUT2D eigenvalue weighted by Gasteiger charge is -2.29. The van der Waals surface area contributed by atoms with E-state index in [1.54, 1.807) is 44.2 Å². The number of carbonyl (C=O) groups excluding carboxylic acids is 2. The van der Waals surface area contributed by atoms with Crippen LogP contribution in [-0.2, 0) is 16.1 Å². The van der Waals surface area contributed by atoms with E-state index in [1.165, 1.54) is 11.0 Å². The number of carbonyl (C=O) groups is 2. The first kappa shape index (κ1) is 23.6. The van der Waals surface area contributed by atoms with Crippen LogP contribution >= 0.6 is 46.4 Å². The molecule has 1 unspecified atom stereocenters. The van der Waals surface area contributed by atoms with E-state index < -0.39 is 11.9 Å². The van der Waals surface area contributed by atoms with Crippen molar-refractivity contribution in [2.24, 2.45) is 0 Å². The molecule has 2 aromatic carbocycles. The Bertz CT molecular complexity index is 872. The topological polar surface area (TPSA) is 58.6 Å². The van der Waals surface area contributed by atoms with Gasteiger partial charge in [0.15, 0.2) is 6.61 Å². The summed E-state index contributed by atoms with van der Waals surface area (Å²) in [7, 11) is 0. The third-order valence-electron chi connectivity index (χ3n) is 4.15. The van der Waals surface area contributed by atoms with E-state index >= 15 is 0 Å². The number of nitrogens with one attached hydrogen (secondary N) is 1. The van der Waals surface area contributed by atoms with Gasteiger partial charge in [0.05, 0.1) is 5.02 Å². The molecule has 0 radical (unpaired) electrons. The Labute approximate surface area is 189 Å². The number of likely N-dealkylation sites (N-methyl/N-ethyl adjacent to an activating group) is 1. The Morgan fingerprint density at radius 1 is 1.07 bits per heavy atom. The van der Waals surface area contributed by atoms with Gasteiger partial charge < -0.3 is 15.0 Å². The number of halogens is 4. The van der Waals surface area contributed by atoms with Crippen LogP contribution in [0.4, 0.5) is 0 Å². The zero-order chi connectivity index (χ0) is 21.6. The van der Waals surface area contributed by atoms with Crippen LogP contribution in [0.25, 0.3) is 0 Å². The molecule has 1 N–H and O–H groups in total.